The van der Waals surface area contributed by atoms with Crippen LogP contribution in [0.3, 0.4) is 0 Å². The Balaban J connectivity index is 1.39. The van der Waals surface area contributed by atoms with Crippen molar-refractivity contribution >= 4 is 60.6 Å². The molecule has 1 aromatic carbocycles. The zero-order valence-electron chi connectivity index (χ0n) is 23.5. The molecule has 2 fully saturated rings. The summed E-state index contributed by atoms with van der Waals surface area (Å²) in [5.74, 6) is -0.607. The standard InChI is InChI=1S/C29H39ClN4O5S2/c1-19(18-34-11-13-41(38,39)14-12-34)25(35)10-9-23(20-5-3-4-6-20)33-29(37)21(15-27(36)31-2)16-28-32-24-8-7-22(30)17-26(24)40-28/h7-8,17,20-21,23H,1,3-6,9-16,18H2,2H3,(H,31,36)(H,33,37)/t21-,23+/m0/s1. The van der Waals surface area contributed by atoms with Gasteiger partial charge in [0.25, 0.3) is 0 Å². The second kappa shape index (κ2) is 14.2. The Kier molecular flexibility index (Phi) is 11.0. The summed E-state index contributed by atoms with van der Waals surface area (Å²) < 4.78 is 24.3. The van der Waals surface area contributed by atoms with E-state index in [1.807, 2.05) is 17.0 Å². The van der Waals surface area contributed by atoms with Crippen molar-refractivity contribution in [3.05, 3.63) is 40.4 Å². The molecule has 2 aromatic rings. The van der Waals surface area contributed by atoms with Crippen molar-refractivity contribution in [3.63, 3.8) is 0 Å². The zero-order valence-corrected chi connectivity index (χ0v) is 25.9. The highest BCUT2D eigenvalue weighted by Crippen LogP contribution is 2.31. The van der Waals surface area contributed by atoms with Gasteiger partial charge in [-0.1, -0.05) is 31.0 Å². The minimum Gasteiger partial charge on any atom is -0.359 e. The average Bonchev–Trinajstić information content (AvgIpc) is 3.61. The molecule has 2 aliphatic rings. The van der Waals surface area contributed by atoms with Gasteiger partial charge in [-0.05, 0) is 43.4 Å². The summed E-state index contributed by atoms with van der Waals surface area (Å²) >= 11 is 7.60. The van der Waals surface area contributed by atoms with Crippen LogP contribution in [0.4, 0.5) is 0 Å². The number of sulfone groups is 1. The molecule has 12 heteroatoms. The first-order valence-electron chi connectivity index (χ1n) is 14.2. The van der Waals surface area contributed by atoms with Gasteiger partial charge in [0, 0.05) is 62.6 Å². The van der Waals surface area contributed by atoms with Crippen LogP contribution in [-0.2, 0) is 30.6 Å². The third-order valence-corrected chi connectivity index (χ3v) is 11.0. The number of ketones is 1. The minimum absolute atomic E-state index is 0.0394. The number of nitrogens with one attached hydrogen (secondary N) is 2. The van der Waals surface area contributed by atoms with E-state index in [9.17, 15) is 22.8 Å². The van der Waals surface area contributed by atoms with Gasteiger partial charge in [0.1, 0.15) is 0 Å². The fourth-order valence-electron chi connectivity index (χ4n) is 5.64. The molecule has 0 bridgehead atoms. The molecule has 2 N–H and O–H groups in total. The van der Waals surface area contributed by atoms with Crippen molar-refractivity contribution in [2.45, 2.75) is 57.4 Å². The molecule has 41 heavy (non-hydrogen) atoms. The number of amides is 2. The van der Waals surface area contributed by atoms with Crippen LogP contribution in [0, 0.1) is 11.8 Å². The van der Waals surface area contributed by atoms with Crippen LogP contribution in [0.25, 0.3) is 10.2 Å². The maximum atomic E-state index is 13.6. The highest BCUT2D eigenvalue weighted by molar-refractivity contribution is 7.91. The molecular weight excluding hydrogens is 584 g/mol. The molecule has 224 valence electrons. The van der Waals surface area contributed by atoms with Crippen molar-refractivity contribution in [2.75, 3.05) is 38.2 Å². The van der Waals surface area contributed by atoms with Crippen molar-refractivity contribution < 1.29 is 22.8 Å². The van der Waals surface area contributed by atoms with E-state index in [-0.39, 0.29) is 53.9 Å². The number of Topliss-reactive ketones (excluding diaryl/α,β-unsaturated/α-hetero) is 1. The van der Waals surface area contributed by atoms with E-state index in [4.69, 9.17) is 11.6 Å². The largest absolute Gasteiger partial charge is 0.359 e. The fourth-order valence-corrected chi connectivity index (χ4v) is 8.24. The van der Waals surface area contributed by atoms with Crippen LogP contribution < -0.4 is 10.6 Å². The first-order valence-corrected chi connectivity index (χ1v) is 17.2. The summed E-state index contributed by atoms with van der Waals surface area (Å²) in [6.45, 7) is 5.15. The second-order valence-corrected chi connectivity index (χ2v) is 15.0. The topological polar surface area (TPSA) is 126 Å². The van der Waals surface area contributed by atoms with E-state index in [2.05, 4.69) is 22.2 Å². The molecule has 1 saturated carbocycles. The number of benzene rings is 1. The first-order chi connectivity index (χ1) is 19.5. The lowest BCUT2D eigenvalue weighted by Gasteiger charge is -2.28. The number of rotatable bonds is 13. The van der Waals surface area contributed by atoms with E-state index < -0.39 is 15.8 Å². The van der Waals surface area contributed by atoms with Gasteiger partial charge in [-0.3, -0.25) is 19.3 Å². The lowest BCUT2D eigenvalue weighted by Crippen LogP contribution is -2.44. The summed E-state index contributed by atoms with van der Waals surface area (Å²) in [7, 11) is -1.43. The minimum atomic E-state index is -2.99. The van der Waals surface area contributed by atoms with Gasteiger partial charge in [-0.25, -0.2) is 13.4 Å². The molecule has 2 amide bonds. The van der Waals surface area contributed by atoms with E-state index in [1.165, 1.54) is 11.3 Å². The van der Waals surface area contributed by atoms with Gasteiger partial charge in [0.05, 0.1) is 32.6 Å². The summed E-state index contributed by atoms with van der Waals surface area (Å²) in [6, 6.07) is 5.30. The second-order valence-electron chi connectivity index (χ2n) is 11.2. The lowest BCUT2D eigenvalue weighted by molar-refractivity contribution is -0.131. The average molecular weight is 623 g/mol. The van der Waals surface area contributed by atoms with E-state index >= 15 is 0 Å². The third kappa shape index (κ3) is 9.07. The van der Waals surface area contributed by atoms with Crippen LogP contribution in [0.15, 0.2) is 30.4 Å². The molecule has 0 spiro atoms. The normalized spacial score (nSPS) is 19.1. The molecule has 2 heterocycles. The Morgan fingerprint density at radius 1 is 1.20 bits per heavy atom. The first kappa shape index (κ1) is 31.6. The predicted molar refractivity (Wildman–Crippen MR) is 163 cm³/mol. The number of thiazole rings is 1. The molecule has 0 radical (unpaired) electrons. The van der Waals surface area contributed by atoms with Crippen molar-refractivity contribution in [1.82, 2.24) is 20.5 Å². The van der Waals surface area contributed by atoms with E-state index in [0.717, 1.165) is 40.9 Å². The van der Waals surface area contributed by atoms with Gasteiger partial charge in [0.15, 0.2) is 15.6 Å². The Bertz CT molecular complexity index is 1370. The molecule has 1 saturated heterocycles. The molecule has 9 nitrogen and oxygen atoms in total. The summed E-state index contributed by atoms with van der Waals surface area (Å²) in [5.41, 5.74) is 1.27. The van der Waals surface area contributed by atoms with Crippen LogP contribution in [-0.4, -0.2) is 80.1 Å². The Hall–Kier alpha value is -2.34. The number of hydrogen-bond donors (Lipinski definition) is 2. The Morgan fingerprint density at radius 3 is 2.59 bits per heavy atom. The summed E-state index contributed by atoms with van der Waals surface area (Å²) in [6.07, 6.45) is 5.27. The van der Waals surface area contributed by atoms with Gasteiger partial charge in [-0.2, -0.15) is 0 Å². The molecule has 1 aliphatic heterocycles. The maximum Gasteiger partial charge on any atom is 0.224 e. The van der Waals surface area contributed by atoms with Gasteiger partial charge in [0.2, 0.25) is 11.8 Å². The van der Waals surface area contributed by atoms with Crippen LogP contribution in [0.5, 0.6) is 0 Å². The SMILES string of the molecule is C=C(CN1CCS(=O)(=O)CC1)C(=O)CC[C@@H](NC(=O)[C@@H](CC(=O)NC)Cc1nc2ccc(Cl)cc2s1)C1CCCC1. The van der Waals surface area contributed by atoms with Crippen molar-refractivity contribution in [2.24, 2.45) is 11.8 Å². The fraction of sp³-hybridized carbons (Fsp3) is 0.586. The molecular formula is C29H39ClN4O5S2. The van der Waals surface area contributed by atoms with Crippen molar-refractivity contribution in [1.29, 1.82) is 0 Å². The number of nitrogens with zero attached hydrogens (tertiary/aromatic N) is 2. The van der Waals surface area contributed by atoms with Crippen LogP contribution >= 0.6 is 22.9 Å². The number of carbonyl (C=O) groups is 3. The van der Waals surface area contributed by atoms with Crippen LogP contribution in [0.2, 0.25) is 5.02 Å². The number of fused-ring (bicyclic) bond motifs is 1. The summed E-state index contributed by atoms with van der Waals surface area (Å²) in [5, 5.41) is 7.22. The van der Waals surface area contributed by atoms with Gasteiger partial charge in [-0.15, -0.1) is 11.3 Å². The van der Waals surface area contributed by atoms with E-state index in [0.29, 0.717) is 43.1 Å². The number of halogens is 1. The van der Waals surface area contributed by atoms with Gasteiger partial charge < -0.3 is 10.6 Å². The maximum absolute atomic E-state index is 13.6. The molecule has 0 unspecified atom stereocenters. The monoisotopic (exact) mass is 622 g/mol. The number of aromatic nitrogens is 1. The highest BCUT2D eigenvalue weighted by atomic mass is 35.5. The molecule has 1 aliphatic carbocycles. The third-order valence-electron chi connectivity index (χ3n) is 8.12. The van der Waals surface area contributed by atoms with Crippen molar-refractivity contribution in [3.8, 4) is 0 Å². The molecule has 1 aromatic heterocycles. The molecule has 4 rings (SSSR count). The zero-order chi connectivity index (χ0) is 29.6. The van der Waals surface area contributed by atoms with E-state index in [1.54, 1.807) is 13.1 Å². The summed E-state index contributed by atoms with van der Waals surface area (Å²) in [4.78, 5) is 45.6. The Morgan fingerprint density at radius 2 is 1.90 bits per heavy atom. The van der Waals surface area contributed by atoms with Gasteiger partial charge >= 0.3 is 0 Å². The highest BCUT2D eigenvalue weighted by Gasteiger charge is 2.31. The predicted octanol–water partition coefficient (Wildman–Crippen LogP) is 3.56. The number of carbonyl (C=O) groups excluding carboxylic acids is 3. The lowest BCUT2D eigenvalue weighted by atomic mass is 9.91. The number of hydrogen-bond acceptors (Lipinski definition) is 8. The Labute approximate surface area is 251 Å². The molecule has 2 atom stereocenters. The smallest absolute Gasteiger partial charge is 0.224 e. The quantitative estimate of drug-likeness (QED) is 0.327. The van der Waals surface area contributed by atoms with Crippen LogP contribution in [0.1, 0.15) is 50.0 Å².